The molecule has 2 saturated heterocycles. The summed E-state index contributed by atoms with van der Waals surface area (Å²) in [5, 5.41) is 6.84. The van der Waals surface area contributed by atoms with Crippen molar-refractivity contribution in [3.63, 3.8) is 0 Å². The molecule has 2 heterocycles. The summed E-state index contributed by atoms with van der Waals surface area (Å²) in [6.07, 6.45) is 10.1. The molecule has 2 aliphatic heterocycles. The normalized spacial score (nSPS) is 37.8. The molecule has 3 rings (SSSR count). The lowest BCUT2D eigenvalue weighted by atomic mass is 9.77. The number of carbonyl (C=O) groups is 1. The fourth-order valence-electron chi connectivity index (χ4n) is 4.51. The van der Waals surface area contributed by atoms with E-state index in [1.807, 2.05) is 0 Å². The van der Waals surface area contributed by atoms with Crippen LogP contribution in [0, 0.1) is 11.8 Å². The molecule has 2 N–H and O–H groups in total. The maximum atomic E-state index is 12.4. The van der Waals surface area contributed by atoms with E-state index in [2.05, 4.69) is 22.6 Å². The topological polar surface area (TPSA) is 44.4 Å². The van der Waals surface area contributed by atoms with Gasteiger partial charge in [-0.2, -0.15) is 0 Å². The SMILES string of the molecule is CN1CCCC(CNC(=O)C2CCC3CCCCC3N2)C1. The monoisotopic (exact) mass is 293 g/mol. The largest absolute Gasteiger partial charge is 0.354 e. The number of nitrogens with one attached hydrogen (secondary N) is 2. The number of likely N-dealkylation sites (tertiary alicyclic amines) is 1. The van der Waals surface area contributed by atoms with Gasteiger partial charge < -0.3 is 15.5 Å². The fraction of sp³-hybridized carbons (Fsp3) is 0.941. The molecule has 3 fully saturated rings. The molecule has 4 unspecified atom stereocenters. The zero-order valence-corrected chi connectivity index (χ0v) is 13.4. The van der Waals surface area contributed by atoms with Gasteiger partial charge in [0.1, 0.15) is 0 Å². The molecule has 0 aromatic rings. The lowest BCUT2D eigenvalue weighted by Crippen LogP contribution is -2.55. The van der Waals surface area contributed by atoms with Crippen molar-refractivity contribution in [1.29, 1.82) is 0 Å². The molecule has 0 aromatic carbocycles. The average molecular weight is 293 g/mol. The van der Waals surface area contributed by atoms with Crippen LogP contribution in [0.25, 0.3) is 0 Å². The highest BCUT2D eigenvalue weighted by atomic mass is 16.2. The molecule has 21 heavy (non-hydrogen) atoms. The molecule has 4 heteroatoms. The molecule has 1 amide bonds. The number of piperidine rings is 2. The third kappa shape index (κ3) is 3.98. The summed E-state index contributed by atoms with van der Waals surface area (Å²) >= 11 is 0. The Kier molecular flexibility index (Phi) is 5.17. The second-order valence-corrected chi connectivity index (χ2v) is 7.46. The Morgan fingerprint density at radius 3 is 2.86 bits per heavy atom. The standard InChI is InChI=1S/C17H31N3O/c1-20-10-4-5-13(12-20)11-18-17(21)16-9-8-14-6-2-3-7-15(14)19-16/h13-16,19H,2-12H2,1H3,(H,18,21). The fourth-order valence-corrected chi connectivity index (χ4v) is 4.51. The van der Waals surface area contributed by atoms with Crippen LogP contribution < -0.4 is 10.6 Å². The summed E-state index contributed by atoms with van der Waals surface area (Å²) in [5.74, 6) is 1.71. The summed E-state index contributed by atoms with van der Waals surface area (Å²) in [7, 11) is 2.18. The first kappa shape index (κ1) is 15.3. The van der Waals surface area contributed by atoms with Crippen LogP contribution in [-0.4, -0.2) is 49.6 Å². The van der Waals surface area contributed by atoms with Gasteiger partial charge in [0.2, 0.25) is 5.91 Å². The van der Waals surface area contributed by atoms with Crippen LogP contribution >= 0.6 is 0 Å². The van der Waals surface area contributed by atoms with E-state index in [0.29, 0.717) is 12.0 Å². The van der Waals surface area contributed by atoms with Gasteiger partial charge in [-0.05, 0) is 64.0 Å². The smallest absolute Gasteiger partial charge is 0.237 e. The molecular weight excluding hydrogens is 262 g/mol. The Morgan fingerprint density at radius 2 is 2.00 bits per heavy atom. The van der Waals surface area contributed by atoms with Crippen LogP contribution in [0.15, 0.2) is 0 Å². The van der Waals surface area contributed by atoms with Gasteiger partial charge in [-0.3, -0.25) is 4.79 Å². The number of hydrogen-bond acceptors (Lipinski definition) is 3. The highest BCUT2D eigenvalue weighted by Gasteiger charge is 2.34. The Balaban J connectivity index is 1.43. The number of carbonyl (C=O) groups excluding carboxylic acids is 1. The third-order valence-electron chi connectivity index (χ3n) is 5.75. The van der Waals surface area contributed by atoms with Crippen LogP contribution in [0.4, 0.5) is 0 Å². The zero-order chi connectivity index (χ0) is 14.7. The molecule has 3 aliphatic rings. The van der Waals surface area contributed by atoms with Crippen molar-refractivity contribution in [2.24, 2.45) is 11.8 Å². The summed E-state index contributed by atoms with van der Waals surface area (Å²) in [4.78, 5) is 14.8. The molecule has 1 saturated carbocycles. The van der Waals surface area contributed by atoms with E-state index in [-0.39, 0.29) is 11.9 Å². The van der Waals surface area contributed by atoms with Crippen LogP contribution in [0.2, 0.25) is 0 Å². The zero-order valence-electron chi connectivity index (χ0n) is 13.4. The number of nitrogens with zero attached hydrogens (tertiary/aromatic N) is 1. The van der Waals surface area contributed by atoms with E-state index in [1.54, 1.807) is 0 Å². The highest BCUT2D eigenvalue weighted by Crippen LogP contribution is 2.32. The van der Waals surface area contributed by atoms with Crippen molar-refractivity contribution in [3.05, 3.63) is 0 Å². The third-order valence-corrected chi connectivity index (χ3v) is 5.75. The second-order valence-electron chi connectivity index (χ2n) is 7.46. The van der Waals surface area contributed by atoms with Crippen LogP contribution in [0.3, 0.4) is 0 Å². The summed E-state index contributed by atoms with van der Waals surface area (Å²) < 4.78 is 0. The lowest BCUT2D eigenvalue weighted by Gasteiger charge is -2.40. The van der Waals surface area contributed by atoms with Crippen molar-refractivity contribution < 1.29 is 4.79 Å². The number of amides is 1. The van der Waals surface area contributed by atoms with Crippen molar-refractivity contribution in [3.8, 4) is 0 Å². The second kappa shape index (κ2) is 7.10. The van der Waals surface area contributed by atoms with Crippen LogP contribution in [0.1, 0.15) is 51.4 Å². The average Bonchev–Trinajstić information content (AvgIpc) is 2.52. The van der Waals surface area contributed by atoms with E-state index >= 15 is 0 Å². The minimum Gasteiger partial charge on any atom is -0.354 e. The first-order valence-corrected chi connectivity index (χ1v) is 8.94. The molecule has 1 aliphatic carbocycles. The van der Waals surface area contributed by atoms with Gasteiger partial charge >= 0.3 is 0 Å². The molecular formula is C17H31N3O. The quantitative estimate of drug-likeness (QED) is 0.833. The Labute approximate surface area is 129 Å². The predicted molar refractivity (Wildman–Crippen MR) is 85.1 cm³/mol. The highest BCUT2D eigenvalue weighted by molar-refractivity contribution is 5.81. The van der Waals surface area contributed by atoms with Gasteiger partial charge in [-0.25, -0.2) is 0 Å². The molecule has 4 nitrogen and oxygen atoms in total. The maximum Gasteiger partial charge on any atom is 0.237 e. The van der Waals surface area contributed by atoms with Gasteiger partial charge in [0.25, 0.3) is 0 Å². The predicted octanol–water partition coefficient (Wildman–Crippen LogP) is 1.76. The van der Waals surface area contributed by atoms with Gasteiger partial charge in [0.05, 0.1) is 6.04 Å². The number of hydrogen-bond donors (Lipinski definition) is 2. The van der Waals surface area contributed by atoms with Crippen molar-refractivity contribution in [2.45, 2.75) is 63.5 Å². The van der Waals surface area contributed by atoms with Crippen molar-refractivity contribution >= 4 is 5.91 Å². The van der Waals surface area contributed by atoms with E-state index in [1.165, 1.54) is 51.5 Å². The van der Waals surface area contributed by atoms with E-state index in [4.69, 9.17) is 0 Å². The minimum atomic E-state index is 0.0608. The van der Waals surface area contributed by atoms with Crippen LogP contribution in [0.5, 0.6) is 0 Å². The number of rotatable bonds is 3. The van der Waals surface area contributed by atoms with Gasteiger partial charge in [-0.15, -0.1) is 0 Å². The molecule has 0 bridgehead atoms. The maximum absolute atomic E-state index is 12.4. The Hall–Kier alpha value is -0.610. The van der Waals surface area contributed by atoms with E-state index in [0.717, 1.165) is 25.4 Å². The minimum absolute atomic E-state index is 0.0608. The van der Waals surface area contributed by atoms with Gasteiger partial charge in [0, 0.05) is 19.1 Å². The summed E-state index contributed by atoms with van der Waals surface area (Å²) in [5.41, 5.74) is 0. The van der Waals surface area contributed by atoms with E-state index in [9.17, 15) is 4.79 Å². The lowest BCUT2D eigenvalue weighted by molar-refractivity contribution is -0.124. The Morgan fingerprint density at radius 1 is 1.14 bits per heavy atom. The molecule has 0 aromatic heterocycles. The first-order chi connectivity index (χ1) is 10.2. The molecule has 0 radical (unpaired) electrons. The van der Waals surface area contributed by atoms with Crippen molar-refractivity contribution in [2.75, 3.05) is 26.7 Å². The summed E-state index contributed by atoms with van der Waals surface area (Å²) in [6, 6.07) is 0.662. The first-order valence-electron chi connectivity index (χ1n) is 8.94. The van der Waals surface area contributed by atoms with Gasteiger partial charge in [0.15, 0.2) is 0 Å². The Bertz CT molecular complexity index is 360. The van der Waals surface area contributed by atoms with Crippen LogP contribution in [-0.2, 0) is 4.79 Å². The molecule has 120 valence electrons. The van der Waals surface area contributed by atoms with E-state index < -0.39 is 0 Å². The number of fused-ring (bicyclic) bond motifs is 1. The molecule has 4 atom stereocenters. The summed E-state index contributed by atoms with van der Waals surface area (Å²) in [6.45, 7) is 3.19. The molecule has 0 spiro atoms. The van der Waals surface area contributed by atoms with Gasteiger partial charge in [-0.1, -0.05) is 12.8 Å². The van der Waals surface area contributed by atoms with Crippen molar-refractivity contribution in [1.82, 2.24) is 15.5 Å².